The molecular weight excluding hydrogens is 352 g/mol. The van der Waals surface area contributed by atoms with Gasteiger partial charge in [0.15, 0.2) is 11.6 Å². The molecule has 2 aromatic carbocycles. The first-order chi connectivity index (χ1) is 13.0. The van der Waals surface area contributed by atoms with E-state index < -0.39 is 17.7 Å². The molecule has 0 unspecified atom stereocenters. The number of rotatable bonds is 6. The molecule has 3 aromatic rings. The number of carbonyl (C=O) groups is 1. The average Bonchev–Trinajstić information content (AvgIpc) is 3.08. The third-order valence-corrected chi connectivity index (χ3v) is 4.22. The lowest BCUT2D eigenvalue weighted by Crippen LogP contribution is -2.32. The van der Waals surface area contributed by atoms with E-state index >= 15 is 0 Å². The summed E-state index contributed by atoms with van der Waals surface area (Å²) in [4.78, 5) is 16.8. The Kier molecular flexibility index (Phi) is 5.49. The highest BCUT2D eigenvalue weighted by Gasteiger charge is 2.22. The molecule has 0 bridgehead atoms. The van der Waals surface area contributed by atoms with Crippen LogP contribution in [0.3, 0.4) is 0 Å². The molecule has 0 aliphatic heterocycles. The fourth-order valence-corrected chi connectivity index (χ4v) is 2.79. The van der Waals surface area contributed by atoms with Crippen molar-refractivity contribution in [2.45, 2.75) is 12.5 Å². The van der Waals surface area contributed by atoms with Crippen LogP contribution in [0.25, 0.3) is 0 Å². The predicted octanol–water partition coefficient (Wildman–Crippen LogP) is 3.16. The minimum absolute atomic E-state index is 0.134. The largest absolute Gasteiger partial charge is 0.497 e. The summed E-state index contributed by atoms with van der Waals surface area (Å²) in [6.45, 7) is 0. The molecule has 0 aliphatic rings. The number of imidazole rings is 1. The second kappa shape index (κ2) is 7.99. The highest BCUT2D eigenvalue weighted by molar-refractivity contribution is 5.79. The standard InChI is InChI=1S/C20H19F2N3O2/c1-25-10-9-23-20(25)19(14-5-8-16(21)17(22)12-14)24-18(26)11-13-3-6-15(27-2)7-4-13/h3-10,12,19H,11H2,1-2H3,(H,24,26)/t19-/m1/s1. The van der Waals surface area contributed by atoms with Gasteiger partial charge in [-0.2, -0.15) is 0 Å². The number of hydrogen-bond acceptors (Lipinski definition) is 3. The molecular formula is C20H19F2N3O2. The third-order valence-electron chi connectivity index (χ3n) is 4.22. The van der Waals surface area contributed by atoms with Crippen LogP contribution in [0.15, 0.2) is 54.9 Å². The quantitative estimate of drug-likeness (QED) is 0.724. The van der Waals surface area contributed by atoms with E-state index in [4.69, 9.17) is 4.74 Å². The van der Waals surface area contributed by atoms with Gasteiger partial charge in [0.05, 0.1) is 13.5 Å². The smallest absolute Gasteiger partial charge is 0.225 e. The Morgan fingerprint density at radius 1 is 1.19 bits per heavy atom. The average molecular weight is 371 g/mol. The number of halogens is 2. The Morgan fingerprint density at radius 3 is 2.52 bits per heavy atom. The van der Waals surface area contributed by atoms with Crippen molar-refractivity contribution in [3.05, 3.63) is 83.4 Å². The van der Waals surface area contributed by atoms with E-state index in [1.165, 1.54) is 6.07 Å². The van der Waals surface area contributed by atoms with Crippen molar-refractivity contribution in [3.63, 3.8) is 0 Å². The van der Waals surface area contributed by atoms with Gasteiger partial charge in [-0.15, -0.1) is 0 Å². The van der Waals surface area contributed by atoms with E-state index in [2.05, 4.69) is 10.3 Å². The zero-order valence-electron chi connectivity index (χ0n) is 14.9. The van der Waals surface area contributed by atoms with Gasteiger partial charge in [-0.1, -0.05) is 18.2 Å². The van der Waals surface area contributed by atoms with E-state index in [9.17, 15) is 13.6 Å². The maximum atomic E-state index is 13.7. The molecule has 0 spiro atoms. The topological polar surface area (TPSA) is 56.1 Å². The highest BCUT2D eigenvalue weighted by Crippen LogP contribution is 2.23. The minimum Gasteiger partial charge on any atom is -0.497 e. The molecule has 1 N–H and O–H groups in total. The minimum atomic E-state index is -0.976. The Hall–Kier alpha value is -3.22. The van der Waals surface area contributed by atoms with Crippen LogP contribution in [0.1, 0.15) is 23.0 Å². The number of benzene rings is 2. The Labute approximate surface area is 155 Å². The molecule has 27 heavy (non-hydrogen) atoms. The van der Waals surface area contributed by atoms with Gasteiger partial charge in [-0.3, -0.25) is 4.79 Å². The Balaban J connectivity index is 1.83. The highest BCUT2D eigenvalue weighted by atomic mass is 19.2. The number of aromatic nitrogens is 2. The van der Waals surface area contributed by atoms with E-state index in [0.29, 0.717) is 17.1 Å². The Bertz CT molecular complexity index is 939. The van der Waals surface area contributed by atoms with Crippen molar-refractivity contribution in [2.75, 3.05) is 7.11 Å². The molecule has 5 nitrogen and oxygen atoms in total. The number of ether oxygens (including phenoxy) is 1. The van der Waals surface area contributed by atoms with E-state index in [-0.39, 0.29) is 12.3 Å². The maximum absolute atomic E-state index is 13.7. The summed E-state index contributed by atoms with van der Waals surface area (Å²) in [7, 11) is 3.34. The second-order valence-electron chi connectivity index (χ2n) is 6.10. The summed E-state index contributed by atoms with van der Waals surface area (Å²) in [6, 6.07) is 9.98. The molecule has 1 aromatic heterocycles. The molecule has 0 saturated carbocycles. The van der Waals surface area contributed by atoms with Gasteiger partial charge in [0.1, 0.15) is 17.6 Å². The number of hydrogen-bond donors (Lipinski definition) is 1. The molecule has 1 heterocycles. The zero-order valence-corrected chi connectivity index (χ0v) is 14.9. The fourth-order valence-electron chi connectivity index (χ4n) is 2.79. The SMILES string of the molecule is COc1ccc(CC(=O)N[C@H](c2ccc(F)c(F)c2)c2nccn2C)cc1. The number of methoxy groups -OCH3 is 1. The number of aryl methyl sites for hydroxylation is 1. The molecule has 0 saturated heterocycles. The van der Waals surface area contributed by atoms with Gasteiger partial charge in [0.25, 0.3) is 0 Å². The first-order valence-electron chi connectivity index (χ1n) is 8.32. The molecule has 0 fully saturated rings. The van der Waals surface area contributed by atoms with Crippen LogP contribution in [0.2, 0.25) is 0 Å². The predicted molar refractivity (Wildman–Crippen MR) is 96.2 cm³/mol. The van der Waals surface area contributed by atoms with Crippen LogP contribution in [0.4, 0.5) is 8.78 Å². The lowest BCUT2D eigenvalue weighted by molar-refractivity contribution is -0.121. The third kappa shape index (κ3) is 4.31. The molecule has 140 valence electrons. The number of nitrogens with zero attached hydrogens (tertiary/aromatic N) is 2. The summed E-state index contributed by atoms with van der Waals surface area (Å²) in [5.41, 5.74) is 1.21. The van der Waals surface area contributed by atoms with Crippen molar-refractivity contribution in [3.8, 4) is 5.75 Å². The van der Waals surface area contributed by atoms with Gasteiger partial charge in [0, 0.05) is 19.4 Å². The first kappa shape index (κ1) is 18.6. The van der Waals surface area contributed by atoms with E-state index in [1.807, 2.05) is 0 Å². The van der Waals surface area contributed by atoms with Crippen LogP contribution in [0, 0.1) is 11.6 Å². The Morgan fingerprint density at radius 2 is 1.93 bits per heavy atom. The van der Waals surface area contributed by atoms with Crippen molar-refractivity contribution in [2.24, 2.45) is 7.05 Å². The molecule has 3 rings (SSSR count). The molecule has 1 amide bonds. The van der Waals surface area contributed by atoms with Crippen LogP contribution in [-0.2, 0) is 18.3 Å². The first-order valence-corrected chi connectivity index (χ1v) is 8.32. The number of amides is 1. The normalized spacial score (nSPS) is 11.9. The molecule has 1 atom stereocenters. The summed E-state index contributed by atoms with van der Waals surface area (Å²) in [6.07, 6.45) is 3.43. The second-order valence-corrected chi connectivity index (χ2v) is 6.10. The lowest BCUT2D eigenvalue weighted by atomic mass is 10.0. The summed E-state index contributed by atoms with van der Waals surface area (Å²) >= 11 is 0. The summed E-state index contributed by atoms with van der Waals surface area (Å²) < 4.78 is 33.8. The maximum Gasteiger partial charge on any atom is 0.225 e. The van der Waals surface area contributed by atoms with Crippen LogP contribution in [-0.4, -0.2) is 22.6 Å². The van der Waals surface area contributed by atoms with E-state index in [0.717, 1.165) is 17.7 Å². The zero-order chi connectivity index (χ0) is 19.4. The summed E-state index contributed by atoms with van der Waals surface area (Å²) in [5, 5.41) is 2.86. The van der Waals surface area contributed by atoms with Crippen LogP contribution in [0.5, 0.6) is 5.75 Å². The van der Waals surface area contributed by atoms with Crippen molar-refractivity contribution >= 4 is 5.91 Å². The summed E-state index contributed by atoms with van der Waals surface area (Å²) in [5.74, 6) is -0.966. The fraction of sp³-hybridized carbons (Fsp3) is 0.200. The van der Waals surface area contributed by atoms with Crippen LogP contribution >= 0.6 is 0 Å². The molecule has 0 aliphatic carbocycles. The number of carbonyl (C=O) groups excluding carboxylic acids is 1. The van der Waals surface area contributed by atoms with Crippen LogP contribution < -0.4 is 10.1 Å². The monoisotopic (exact) mass is 371 g/mol. The number of nitrogens with one attached hydrogen (secondary N) is 1. The van der Waals surface area contributed by atoms with Crippen molar-refractivity contribution in [1.29, 1.82) is 0 Å². The van der Waals surface area contributed by atoms with Gasteiger partial charge in [0.2, 0.25) is 5.91 Å². The lowest BCUT2D eigenvalue weighted by Gasteiger charge is -2.19. The van der Waals surface area contributed by atoms with E-state index in [1.54, 1.807) is 55.4 Å². The van der Waals surface area contributed by atoms with Gasteiger partial charge in [-0.25, -0.2) is 13.8 Å². The van der Waals surface area contributed by atoms with Gasteiger partial charge in [-0.05, 0) is 35.4 Å². The van der Waals surface area contributed by atoms with Crippen molar-refractivity contribution < 1.29 is 18.3 Å². The van der Waals surface area contributed by atoms with Gasteiger partial charge < -0.3 is 14.6 Å². The molecule has 7 heteroatoms. The van der Waals surface area contributed by atoms with Crippen molar-refractivity contribution in [1.82, 2.24) is 14.9 Å². The van der Waals surface area contributed by atoms with Gasteiger partial charge >= 0.3 is 0 Å². The molecule has 0 radical (unpaired) electrons.